The van der Waals surface area contributed by atoms with Gasteiger partial charge in [-0.2, -0.15) is 0 Å². The third kappa shape index (κ3) is 3.49. The summed E-state index contributed by atoms with van der Waals surface area (Å²) in [4.78, 5) is 10.8. The first-order valence-electron chi connectivity index (χ1n) is 5.42. The summed E-state index contributed by atoms with van der Waals surface area (Å²) in [5.74, 6) is 0.299. The van der Waals surface area contributed by atoms with E-state index in [1.165, 1.54) is 6.08 Å². The molecule has 0 saturated heterocycles. The van der Waals surface area contributed by atoms with Gasteiger partial charge < -0.3 is 14.6 Å². The first kappa shape index (κ1) is 14.1. The van der Waals surface area contributed by atoms with Crippen molar-refractivity contribution in [1.82, 2.24) is 5.32 Å². The van der Waals surface area contributed by atoms with E-state index in [-0.39, 0.29) is 0 Å². The van der Waals surface area contributed by atoms with Crippen LogP contribution < -0.4 is 14.8 Å². The topological polar surface area (TPSA) is 67.8 Å². The van der Waals surface area contributed by atoms with Crippen molar-refractivity contribution in [1.29, 1.82) is 0 Å². The van der Waals surface area contributed by atoms with Crippen LogP contribution in [0.4, 0.5) is 0 Å². The van der Waals surface area contributed by atoms with Crippen molar-refractivity contribution in [2.45, 2.75) is 12.6 Å². The third-order valence-electron chi connectivity index (χ3n) is 2.48. The van der Waals surface area contributed by atoms with E-state index in [0.29, 0.717) is 18.0 Å². The predicted molar refractivity (Wildman–Crippen MR) is 68.0 cm³/mol. The van der Waals surface area contributed by atoms with Gasteiger partial charge in [-0.3, -0.25) is 10.1 Å². The lowest BCUT2D eigenvalue weighted by molar-refractivity contribution is -0.138. The zero-order valence-electron chi connectivity index (χ0n) is 10.5. The van der Waals surface area contributed by atoms with Crippen molar-refractivity contribution in [3.05, 3.63) is 36.4 Å². The van der Waals surface area contributed by atoms with Crippen LogP contribution in [-0.4, -0.2) is 31.3 Å². The predicted octanol–water partition coefficient (Wildman–Crippen LogP) is 1.43. The minimum atomic E-state index is -0.953. The van der Waals surface area contributed by atoms with Gasteiger partial charge in [-0.25, -0.2) is 0 Å². The quantitative estimate of drug-likeness (QED) is 0.718. The minimum absolute atomic E-state index is 0.406. The molecule has 1 atom stereocenters. The fourth-order valence-electron chi connectivity index (χ4n) is 1.49. The largest absolute Gasteiger partial charge is 0.493 e. The van der Waals surface area contributed by atoms with Crippen molar-refractivity contribution in [3.8, 4) is 11.5 Å². The maximum absolute atomic E-state index is 10.8. The molecule has 1 aromatic carbocycles. The third-order valence-corrected chi connectivity index (χ3v) is 2.48. The van der Waals surface area contributed by atoms with Gasteiger partial charge in [-0.05, 0) is 17.7 Å². The summed E-state index contributed by atoms with van der Waals surface area (Å²) in [5.41, 5.74) is 0.903. The molecule has 1 unspecified atom stereocenters. The standard InChI is InChI=1S/C13H17NO4/c1-4-10(13(15)16)14-8-9-5-6-11(17-2)12(7-9)18-3/h4-7,10,14H,1,8H2,2-3H3,(H,15,16). The highest BCUT2D eigenvalue weighted by Gasteiger charge is 2.12. The molecule has 0 saturated carbocycles. The fourth-order valence-corrected chi connectivity index (χ4v) is 1.49. The summed E-state index contributed by atoms with van der Waals surface area (Å²) in [6, 6.07) is 4.65. The number of carboxylic acid groups (broad SMARTS) is 1. The molecule has 98 valence electrons. The first-order valence-corrected chi connectivity index (χ1v) is 5.42. The van der Waals surface area contributed by atoms with Crippen molar-refractivity contribution in [3.63, 3.8) is 0 Å². The number of carboxylic acids is 1. The summed E-state index contributed by atoms with van der Waals surface area (Å²) in [7, 11) is 3.12. The number of methoxy groups -OCH3 is 2. The summed E-state index contributed by atoms with van der Waals surface area (Å²) in [5, 5.41) is 11.7. The van der Waals surface area contributed by atoms with Gasteiger partial charge in [0.15, 0.2) is 11.5 Å². The lowest BCUT2D eigenvalue weighted by Gasteiger charge is -2.12. The molecule has 5 nitrogen and oxygen atoms in total. The van der Waals surface area contributed by atoms with Crippen LogP contribution in [0.1, 0.15) is 5.56 Å². The Kier molecular flexibility index (Phi) is 5.20. The highest BCUT2D eigenvalue weighted by atomic mass is 16.5. The monoisotopic (exact) mass is 251 g/mol. The highest BCUT2D eigenvalue weighted by Crippen LogP contribution is 2.27. The van der Waals surface area contributed by atoms with Gasteiger partial charge in [0.1, 0.15) is 6.04 Å². The van der Waals surface area contributed by atoms with E-state index in [1.807, 2.05) is 6.07 Å². The molecule has 18 heavy (non-hydrogen) atoms. The van der Waals surface area contributed by atoms with Gasteiger partial charge in [0, 0.05) is 6.54 Å². The van der Waals surface area contributed by atoms with E-state index in [1.54, 1.807) is 26.4 Å². The molecule has 0 aliphatic rings. The second-order valence-electron chi connectivity index (χ2n) is 3.62. The smallest absolute Gasteiger partial charge is 0.324 e. The summed E-state index contributed by atoms with van der Waals surface area (Å²) >= 11 is 0. The molecular weight excluding hydrogens is 234 g/mol. The molecule has 0 aliphatic heterocycles. The SMILES string of the molecule is C=CC(NCc1ccc(OC)c(OC)c1)C(=O)O. The normalized spacial score (nSPS) is 11.7. The zero-order chi connectivity index (χ0) is 13.5. The fraction of sp³-hybridized carbons (Fsp3) is 0.308. The van der Waals surface area contributed by atoms with Crippen LogP contribution in [0.25, 0.3) is 0 Å². The molecule has 0 bridgehead atoms. The van der Waals surface area contributed by atoms with Crippen molar-refractivity contribution in [2.24, 2.45) is 0 Å². The van der Waals surface area contributed by atoms with E-state index in [4.69, 9.17) is 14.6 Å². The summed E-state index contributed by atoms with van der Waals surface area (Å²) in [6.07, 6.45) is 1.35. The van der Waals surface area contributed by atoms with Crippen LogP contribution in [0.2, 0.25) is 0 Å². The maximum atomic E-state index is 10.8. The van der Waals surface area contributed by atoms with Crippen LogP contribution in [0.5, 0.6) is 11.5 Å². The van der Waals surface area contributed by atoms with E-state index in [0.717, 1.165) is 5.56 Å². The Hall–Kier alpha value is -2.01. The van der Waals surface area contributed by atoms with Crippen molar-refractivity contribution < 1.29 is 19.4 Å². The Bertz CT molecular complexity index is 431. The molecule has 0 radical (unpaired) electrons. The van der Waals surface area contributed by atoms with E-state index < -0.39 is 12.0 Å². The van der Waals surface area contributed by atoms with Gasteiger partial charge in [0.25, 0.3) is 0 Å². The number of ether oxygens (including phenoxy) is 2. The molecule has 0 aromatic heterocycles. The molecular formula is C13H17NO4. The lowest BCUT2D eigenvalue weighted by Crippen LogP contribution is -2.34. The Balaban J connectivity index is 2.73. The van der Waals surface area contributed by atoms with Gasteiger partial charge in [0.05, 0.1) is 14.2 Å². The van der Waals surface area contributed by atoms with E-state index >= 15 is 0 Å². The molecule has 1 aromatic rings. The Morgan fingerprint density at radius 2 is 2.11 bits per heavy atom. The first-order chi connectivity index (χ1) is 8.62. The van der Waals surface area contributed by atoms with E-state index in [9.17, 15) is 4.79 Å². The number of rotatable bonds is 7. The van der Waals surface area contributed by atoms with E-state index in [2.05, 4.69) is 11.9 Å². The lowest BCUT2D eigenvalue weighted by atomic mass is 10.2. The average Bonchev–Trinajstić information content (AvgIpc) is 2.38. The molecule has 0 heterocycles. The number of hydrogen-bond acceptors (Lipinski definition) is 4. The summed E-state index contributed by atoms with van der Waals surface area (Å²) < 4.78 is 10.3. The van der Waals surface area contributed by atoms with Crippen LogP contribution in [0.15, 0.2) is 30.9 Å². The number of aliphatic carboxylic acids is 1. The highest BCUT2D eigenvalue weighted by molar-refractivity contribution is 5.75. The molecule has 0 fully saturated rings. The van der Waals surface area contributed by atoms with Crippen molar-refractivity contribution >= 4 is 5.97 Å². The molecule has 2 N–H and O–H groups in total. The molecule has 0 spiro atoms. The Labute approximate surface area is 106 Å². The van der Waals surface area contributed by atoms with Crippen LogP contribution >= 0.6 is 0 Å². The molecule has 5 heteroatoms. The minimum Gasteiger partial charge on any atom is -0.493 e. The molecule has 0 amide bonds. The molecule has 1 rings (SSSR count). The second kappa shape index (κ2) is 6.66. The number of hydrogen-bond donors (Lipinski definition) is 2. The van der Waals surface area contributed by atoms with Crippen LogP contribution in [0, 0.1) is 0 Å². The Morgan fingerprint density at radius 3 is 2.61 bits per heavy atom. The zero-order valence-corrected chi connectivity index (χ0v) is 10.5. The molecule has 0 aliphatic carbocycles. The average molecular weight is 251 g/mol. The van der Waals surface area contributed by atoms with Crippen molar-refractivity contribution in [2.75, 3.05) is 14.2 Å². The van der Waals surface area contributed by atoms with Gasteiger partial charge in [-0.1, -0.05) is 12.1 Å². The second-order valence-corrected chi connectivity index (χ2v) is 3.62. The summed E-state index contributed by atoms with van der Waals surface area (Å²) in [6.45, 7) is 3.87. The van der Waals surface area contributed by atoms with Gasteiger partial charge >= 0.3 is 5.97 Å². The van der Waals surface area contributed by atoms with Gasteiger partial charge in [-0.15, -0.1) is 6.58 Å². The number of nitrogens with one attached hydrogen (secondary N) is 1. The Morgan fingerprint density at radius 1 is 1.44 bits per heavy atom. The number of carbonyl (C=O) groups is 1. The maximum Gasteiger partial charge on any atom is 0.324 e. The number of benzene rings is 1. The van der Waals surface area contributed by atoms with Crippen LogP contribution in [0.3, 0.4) is 0 Å². The van der Waals surface area contributed by atoms with Crippen LogP contribution in [-0.2, 0) is 11.3 Å². The van der Waals surface area contributed by atoms with Gasteiger partial charge in [0.2, 0.25) is 0 Å².